The van der Waals surface area contributed by atoms with Gasteiger partial charge in [-0.3, -0.25) is 0 Å². The lowest BCUT2D eigenvalue weighted by atomic mass is 10.0. The van der Waals surface area contributed by atoms with Crippen molar-refractivity contribution in [1.29, 1.82) is 5.26 Å². The van der Waals surface area contributed by atoms with Gasteiger partial charge in [-0.2, -0.15) is 5.26 Å². The third kappa shape index (κ3) is 1.70. The van der Waals surface area contributed by atoms with E-state index in [4.69, 9.17) is 5.26 Å². The zero-order valence-corrected chi connectivity index (χ0v) is 8.08. The van der Waals surface area contributed by atoms with Crippen LogP contribution >= 0.6 is 12.6 Å². The van der Waals surface area contributed by atoms with Crippen LogP contribution in [0.3, 0.4) is 0 Å². The maximum Gasteiger partial charge on any atom is 0.268 e. The van der Waals surface area contributed by atoms with E-state index in [1.165, 1.54) is 13.0 Å². The summed E-state index contributed by atoms with van der Waals surface area (Å²) in [5.41, 5.74) is -0.873. The number of aryl methyl sites for hydroxylation is 1. The largest absolute Gasteiger partial charge is 0.268 e. The van der Waals surface area contributed by atoms with Crippen molar-refractivity contribution in [2.45, 2.75) is 18.2 Å². The van der Waals surface area contributed by atoms with Gasteiger partial charge in [0.1, 0.15) is 11.9 Å². The molecule has 1 nitrogen and oxygen atoms in total. The molecule has 0 atom stereocenters. The average molecular weight is 217 g/mol. The molecule has 0 saturated carbocycles. The summed E-state index contributed by atoms with van der Waals surface area (Å²) in [5, 5.41) is 8.59. The molecule has 0 unspecified atom stereocenters. The molecular weight excluding hydrogens is 211 g/mol. The Morgan fingerprint density at radius 3 is 2.50 bits per heavy atom. The van der Waals surface area contributed by atoms with Crippen LogP contribution in [0.1, 0.15) is 23.1 Å². The van der Waals surface area contributed by atoms with Gasteiger partial charge in [-0.05, 0) is 18.6 Å². The first kappa shape index (κ1) is 10.9. The number of thiol groups is 1. The molecule has 0 aliphatic heterocycles. The Hall–Kier alpha value is -1.15. The quantitative estimate of drug-likeness (QED) is 0.717. The molecule has 0 radical (unpaired) electrons. The highest BCUT2D eigenvalue weighted by atomic mass is 32.1. The second-order valence-electron chi connectivity index (χ2n) is 2.73. The Kier molecular flexibility index (Phi) is 3.06. The van der Waals surface area contributed by atoms with Gasteiger partial charge in [-0.25, -0.2) is 13.2 Å². The zero-order chi connectivity index (χ0) is 10.9. The van der Waals surface area contributed by atoms with Crippen LogP contribution in [0, 0.1) is 24.1 Å². The Bertz CT molecular complexity index is 409. The molecule has 0 amide bonds. The highest BCUT2D eigenvalue weighted by Gasteiger charge is 2.22. The minimum atomic E-state index is -3.00. The van der Waals surface area contributed by atoms with Crippen molar-refractivity contribution < 1.29 is 13.2 Å². The fraction of sp³-hybridized carbons (Fsp3) is 0.222. The normalized spacial score (nSPS) is 10.4. The van der Waals surface area contributed by atoms with Gasteiger partial charge in [0, 0.05) is 4.90 Å². The summed E-state index contributed by atoms with van der Waals surface area (Å²) in [4.78, 5) is -0.170. The van der Waals surface area contributed by atoms with Crippen LogP contribution in [0.15, 0.2) is 11.0 Å². The third-order valence-corrected chi connectivity index (χ3v) is 2.13. The molecule has 1 aromatic rings. The van der Waals surface area contributed by atoms with Gasteiger partial charge in [0.2, 0.25) is 0 Å². The summed E-state index contributed by atoms with van der Waals surface area (Å²) in [7, 11) is 0. The summed E-state index contributed by atoms with van der Waals surface area (Å²) in [5.74, 6) is -1.12. The number of hydrogen-bond donors (Lipinski definition) is 1. The highest BCUT2D eigenvalue weighted by Crippen LogP contribution is 2.31. The van der Waals surface area contributed by atoms with Crippen LogP contribution < -0.4 is 0 Å². The lowest BCUT2D eigenvalue weighted by Crippen LogP contribution is -2.00. The molecule has 5 heteroatoms. The molecule has 74 valence electrons. The van der Waals surface area contributed by atoms with E-state index in [0.29, 0.717) is 5.56 Å². The number of halogens is 3. The van der Waals surface area contributed by atoms with Crippen LogP contribution in [-0.4, -0.2) is 0 Å². The van der Waals surface area contributed by atoms with E-state index in [1.807, 2.05) is 0 Å². The SMILES string of the molecule is Cc1cc(S)c(F)c(C(F)F)c1C#N. The predicted molar refractivity (Wildman–Crippen MR) is 48.1 cm³/mol. The molecule has 0 N–H and O–H groups in total. The monoisotopic (exact) mass is 217 g/mol. The lowest BCUT2D eigenvalue weighted by molar-refractivity contribution is 0.145. The molecule has 0 spiro atoms. The smallest absolute Gasteiger partial charge is 0.205 e. The molecule has 14 heavy (non-hydrogen) atoms. The van der Waals surface area contributed by atoms with Gasteiger partial charge in [-0.1, -0.05) is 0 Å². The summed E-state index contributed by atoms with van der Waals surface area (Å²) >= 11 is 3.70. The lowest BCUT2D eigenvalue weighted by Gasteiger charge is -2.08. The summed E-state index contributed by atoms with van der Waals surface area (Å²) in [6.45, 7) is 1.46. The van der Waals surface area contributed by atoms with Crippen molar-refractivity contribution in [2.24, 2.45) is 0 Å². The van der Waals surface area contributed by atoms with Gasteiger partial charge < -0.3 is 0 Å². The Labute approximate surface area is 84.6 Å². The number of hydrogen-bond acceptors (Lipinski definition) is 2. The molecule has 1 aromatic carbocycles. The molecule has 0 aliphatic carbocycles. The van der Waals surface area contributed by atoms with E-state index < -0.39 is 17.8 Å². The summed E-state index contributed by atoms with van der Waals surface area (Å²) < 4.78 is 38.0. The Morgan fingerprint density at radius 1 is 1.50 bits per heavy atom. The van der Waals surface area contributed by atoms with E-state index in [1.54, 1.807) is 6.07 Å². The van der Waals surface area contributed by atoms with Gasteiger partial charge in [0.05, 0.1) is 11.1 Å². The summed E-state index contributed by atoms with van der Waals surface area (Å²) in [6, 6.07) is 2.81. The maximum atomic E-state index is 13.2. The Balaban J connectivity index is 3.59. The fourth-order valence-electron chi connectivity index (χ4n) is 1.15. The van der Waals surface area contributed by atoms with Crippen molar-refractivity contribution in [3.05, 3.63) is 28.6 Å². The topological polar surface area (TPSA) is 23.8 Å². The molecule has 0 heterocycles. The van der Waals surface area contributed by atoms with Crippen molar-refractivity contribution in [1.82, 2.24) is 0 Å². The number of nitrogens with zero attached hydrogens (tertiary/aromatic N) is 1. The van der Waals surface area contributed by atoms with Crippen LogP contribution in [0.2, 0.25) is 0 Å². The van der Waals surface area contributed by atoms with Crippen molar-refractivity contribution in [3.63, 3.8) is 0 Å². The molecule has 1 rings (SSSR count). The number of nitriles is 1. The predicted octanol–water partition coefficient (Wildman–Crippen LogP) is 3.23. The van der Waals surface area contributed by atoms with Gasteiger partial charge >= 0.3 is 0 Å². The van der Waals surface area contributed by atoms with E-state index in [2.05, 4.69) is 12.6 Å². The molecule has 0 fully saturated rings. The average Bonchev–Trinajstić information content (AvgIpc) is 2.10. The molecular formula is C9H6F3NS. The summed E-state index contributed by atoms with van der Waals surface area (Å²) in [6.07, 6.45) is -3.00. The highest BCUT2D eigenvalue weighted by molar-refractivity contribution is 7.80. The maximum absolute atomic E-state index is 13.2. The second-order valence-corrected chi connectivity index (χ2v) is 3.21. The Morgan fingerprint density at radius 2 is 2.07 bits per heavy atom. The van der Waals surface area contributed by atoms with Gasteiger partial charge in [0.25, 0.3) is 6.43 Å². The van der Waals surface area contributed by atoms with E-state index in [0.717, 1.165) is 0 Å². The van der Waals surface area contributed by atoms with Gasteiger partial charge in [-0.15, -0.1) is 12.6 Å². The van der Waals surface area contributed by atoms with Crippen molar-refractivity contribution in [2.75, 3.05) is 0 Å². The first-order valence-corrected chi connectivity index (χ1v) is 4.14. The number of rotatable bonds is 1. The number of benzene rings is 1. The molecule has 0 aromatic heterocycles. The van der Waals surface area contributed by atoms with Crippen molar-refractivity contribution in [3.8, 4) is 6.07 Å². The third-order valence-electron chi connectivity index (χ3n) is 1.81. The molecule has 0 saturated heterocycles. The van der Waals surface area contributed by atoms with Crippen LogP contribution in [0.5, 0.6) is 0 Å². The van der Waals surface area contributed by atoms with E-state index in [9.17, 15) is 13.2 Å². The van der Waals surface area contributed by atoms with Gasteiger partial charge in [0.15, 0.2) is 0 Å². The minimum Gasteiger partial charge on any atom is -0.205 e. The minimum absolute atomic E-state index is 0.170. The standard InChI is InChI=1S/C9H6F3NS/c1-4-2-6(14)8(10)7(9(11)12)5(4)3-13/h2,9,14H,1H3. The van der Waals surface area contributed by atoms with Crippen LogP contribution in [-0.2, 0) is 0 Å². The van der Waals surface area contributed by atoms with E-state index >= 15 is 0 Å². The first-order valence-electron chi connectivity index (χ1n) is 3.69. The fourth-order valence-corrected chi connectivity index (χ4v) is 1.47. The number of alkyl halides is 2. The van der Waals surface area contributed by atoms with E-state index in [-0.39, 0.29) is 10.5 Å². The van der Waals surface area contributed by atoms with Crippen LogP contribution in [0.25, 0.3) is 0 Å². The second kappa shape index (κ2) is 3.93. The zero-order valence-electron chi connectivity index (χ0n) is 7.18. The van der Waals surface area contributed by atoms with Crippen molar-refractivity contribution >= 4 is 12.6 Å². The molecule has 0 bridgehead atoms. The van der Waals surface area contributed by atoms with Crippen LogP contribution in [0.4, 0.5) is 13.2 Å². The molecule has 0 aliphatic rings. The first-order chi connectivity index (χ1) is 6.49.